The van der Waals surface area contributed by atoms with Crippen LogP contribution in [0.2, 0.25) is 0 Å². The normalized spacial score (nSPS) is 10.7. The summed E-state index contributed by atoms with van der Waals surface area (Å²) in [5.41, 5.74) is 3.74. The van der Waals surface area contributed by atoms with E-state index in [4.69, 9.17) is 0 Å². The van der Waals surface area contributed by atoms with Crippen molar-refractivity contribution in [1.29, 1.82) is 0 Å². The summed E-state index contributed by atoms with van der Waals surface area (Å²) in [5.74, 6) is 0. The minimum atomic E-state index is 1.04. The van der Waals surface area contributed by atoms with Gasteiger partial charge in [0.25, 0.3) is 0 Å². The molecule has 0 atom stereocenters. The third kappa shape index (κ3) is 2.25. The molecule has 0 heterocycles. The lowest BCUT2D eigenvalue weighted by Gasteiger charge is -2.07. The molecule has 0 unspecified atom stereocenters. The van der Waals surface area contributed by atoms with Crippen molar-refractivity contribution < 1.29 is 0 Å². The van der Waals surface area contributed by atoms with E-state index in [0.29, 0.717) is 0 Å². The Balaban J connectivity index is 3.25. The molecule has 68 valence electrons. The molecule has 1 aromatic carbocycles. The van der Waals surface area contributed by atoms with Crippen LogP contribution in [0.15, 0.2) is 35.8 Å². The highest BCUT2D eigenvalue weighted by molar-refractivity contribution is 7.80. The van der Waals surface area contributed by atoms with Gasteiger partial charge in [0.15, 0.2) is 0 Å². The average Bonchev–Trinajstić information content (AvgIpc) is 2.12. The van der Waals surface area contributed by atoms with Crippen molar-refractivity contribution in [2.75, 3.05) is 0 Å². The predicted octanol–water partition coefficient (Wildman–Crippen LogP) is 3.79. The quantitative estimate of drug-likeness (QED) is 0.532. The first-order valence-electron chi connectivity index (χ1n) is 4.25. The minimum Gasteiger partial charge on any atom is -0.143 e. The molecule has 0 aliphatic heterocycles. The molecule has 0 fully saturated rings. The first-order chi connectivity index (χ1) is 6.16. The van der Waals surface area contributed by atoms with E-state index in [9.17, 15) is 0 Å². The smallest absolute Gasteiger partial charge is 0.00753 e. The number of allylic oxidation sites excluding steroid dienone is 2. The first-order valence-corrected chi connectivity index (χ1v) is 4.70. The Morgan fingerprint density at radius 2 is 2.00 bits per heavy atom. The van der Waals surface area contributed by atoms with E-state index >= 15 is 0 Å². The maximum atomic E-state index is 4.38. The third-order valence-electron chi connectivity index (χ3n) is 2.10. The van der Waals surface area contributed by atoms with E-state index in [2.05, 4.69) is 45.2 Å². The molecular formula is C12H14S. The van der Waals surface area contributed by atoms with Gasteiger partial charge in [-0.1, -0.05) is 30.9 Å². The van der Waals surface area contributed by atoms with Crippen LogP contribution in [0, 0.1) is 13.8 Å². The van der Waals surface area contributed by atoms with Gasteiger partial charge in [0.2, 0.25) is 0 Å². The van der Waals surface area contributed by atoms with Crippen LogP contribution >= 0.6 is 12.6 Å². The van der Waals surface area contributed by atoms with Gasteiger partial charge in [-0.05, 0) is 36.6 Å². The van der Waals surface area contributed by atoms with Gasteiger partial charge in [0.1, 0.15) is 0 Å². The van der Waals surface area contributed by atoms with E-state index in [0.717, 1.165) is 4.90 Å². The van der Waals surface area contributed by atoms with E-state index in [1.807, 2.05) is 12.1 Å². The molecule has 0 amide bonds. The second-order valence-corrected chi connectivity index (χ2v) is 3.52. The maximum Gasteiger partial charge on any atom is 0.00753 e. The lowest BCUT2D eigenvalue weighted by molar-refractivity contribution is 1.25. The predicted molar refractivity (Wildman–Crippen MR) is 62.4 cm³/mol. The Labute approximate surface area is 85.4 Å². The van der Waals surface area contributed by atoms with Crippen LogP contribution in [0.4, 0.5) is 0 Å². The first kappa shape index (κ1) is 10.1. The van der Waals surface area contributed by atoms with Gasteiger partial charge in [-0.25, -0.2) is 0 Å². The van der Waals surface area contributed by atoms with Crippen LogP contribution in [-0.4, -0.2) is 0 Å². The summed E-state index contributed by atoms with van der Waals surface area (Å²) in [6, 6.07) is 4.11. The number of rotatable bonds is 2. The lowest BCUT2D eigenvalue weighted by Crippen LogP contribution is -1.87. The Morgan fingerprint density at radius 3 is 2.62 bits per heavy atom. The number of aryl methyl sites for hydroxylation is 1. The van der Waals surface area contributed by atoms with Crippen LogP contribution in [0.1, 0.15) is 16.7 Å². The van der Waals surface area contributed by atoms with Crippen molar-refractivity contribution in [3.8, 4) is 0 Å². The van der Waals surface area contributed by atoms with Gasteiger partial charge in [0, 0.05) is 4.90 Å². The Morgan fingerprint density at radius 1 is 1.31 bits per heavy atom. The molecule has 1 rings (SSSR count). The highest BCUT2D eigenvalue weighted by atomic mass is 32.1. The van der Waals surface area contributed by atoms with Crippen LogP contribution < -0.4 is 0 Å². The summed E-state index contributed by atoms with van der Waals surface area (Å²) in [4.78, 5) is 1.04. The Bertz CT molecular complexity index is 348. The molecule has 0 radical (unpaired) electrons. The summed E-state index contributed by atoms with van der Waals surface area (Å²) in [7, 11) is 0. The summed E-state index contributed by atoms with van der Waals surface area (Å²) in [5, 5.41) is 0. The molecule has 0 spiro atoms. The van der Waals surface area contributed by atoms with Crippen molar-refractivity contribution in [2.24, 2.45) is 0 Å². The maximum absolute atomic E-state index is 4.38. The lowest BCUT2D eigenvalue weighted by atomic mass is 10.0. The molecular weight excluding hydrogens is 176 g/mol. The van der Waals surface area contributed by atoms with Crippen LogP contribution in [0.5, 0.6) is 0 Å². The van der Waals surface area contributed by atoms with Gasteiger partial charge in [-0.3, -0.25) is 0 Å². The van der Waals surface area contributed by atoms with Crippen molar-refractivity contribution in [3.05, 3.63) is 47.6 Å². The molecule has 0 nitrogen and oxygen atoms in total. The second-order valence-electron chi connectivity index (χ2n) is 3.04. The molecule has 0 saturated carbocycles. The van der Waals surface area contributed by atoms with Crippen LogP contribution in [0.25, 0.3) is 6.08 Å². The summed E-state index contributed by atoms with van der Waals surface area (Å²) < 4.78 is 0. The molecule has 0 saturated heterocycles. The van der Waals surface area contributed by atoms with E-state index in [1.54, 1.807) is 6.08 Å². The molecule has 1 heteroatoms. The number of thiol groups is 1. The van der Waals surface area contributed by atoms with Crippen LogP contribution in [0.3, 0.4) is 0 Å². The van der Waals surface area contributed by atoms with Gasteiger partial charge in [0.05, 0.1) is 0 Å². The number of hydrogen-bond acceptors (Lipinski definition) is 1. The summed E-state index contributed by atoms with van der Waals surface area (Å²) >= 11 is 4.38. The Kier molecular flexibility index (Phi) is 3.38. The molecule has 0 N–H and O–H groups in total. The van der Waals surface area contributed by atoms with Crippen molar-refractivity contribution in [1.82, 2.24) is 0 Å². The second kappa shape index (κ2) is 4.33. The minimum absolute atomic E-state index is 1.04. The third-order valence-corrected chi connectivity index (χ3v) is 2.59. The van der Waals surface area contributed by atoms with Crippen molar-refractivity contribution in [3.63, 3.8) is 0 Å². The zero-order chi connectivity index (χ0) is 9.84. The Hall–Kier alpha value is -0.950. The van der Waals surface area contributed by atoms with E-state index in [1.165, 1.54) is 16.7 Å². The average molecular weight is 190 g/mol. The summed E-state index contributed by atoms with van der Waals surface area (Å²) in [6.07, 6.45) is 5.80. The molecule has 0 aromatic heterocycles. The van der Waals surface area contributed by atoms with Gasteiger partial charge in [-0.15, -0.1) is 12.6 Å². The monoisotopic (exact) mass is 190 g/mol. The number of benzene rings is 1. The highest BCUT2D eigenvalue weighted by Gasteiger charge is 2.00. The molecule has 1 aromatic rings. The SMILES string of the molecule is C=CC=Cc1c(C)ccc(S)c1C. The van der Waals surface area contributed by atoms with Gasteiger partial charge >= 0.3 is 0 Å². The van der Waals surface area contributed by atoms with E-state index in [-0.39, 0.29) is 0 Å². The highest BCUT2D eigenvalue weighted by Crippen LogP contribution is 2.22. The fourth-order valence-electron chi connectivity index (χ4n) is 1.27. The molecule has 0 aliphatic carbocycles. The van der Waals surface area contributed by atoms with Crippen LogP contribution in [-0.2, 0) is 0 Å². The zero-order valence-electron chi connectivity index (χ0n) is 8.04. The van der Waals surface area contributed by atoms with Gasteiger partial charge < -0.3 is 0 Å². The zero-order valence-corrected chi connectivity index (χ0v) is 8.94. The molecule has 0 aliphatic rings. The largest absolute Gasteiger partial charge is 0.143 e. The fourth-order valence-corrected chi connectivity index (χ4v) is 1.47. The standard InChI is InChI=1S/C12H14S/c1-4-5-6-11-9(2)7-8-12(13)10(11)3/h4-8,13H,1H2,2-3H3. The van der Waals surface area contributed by atoms with Crippen molar-refractivity contribution in [2.45, 2.75) is 18.7 Å². The molecule has 13 heavy (non-hydrogen) atoms. The molecule has 0 bridgehead atoms. The van der Waals surface area contributed by atoms with Crippen molar-refractivity contribution >= 4 is 18.7 Å². The van der Waals surface area contributed by atoms with E-state index < -0.39 is 0 Å². The fraction of sp³-hybridized carbons (Fsp3) is 0.167. The number of hydrogen-bond donors (Lipinski definition) is 1. The topological polar surface area (TPSA) is 0 Å². The van der Waals surface area contributed by atoms with Gasteiger partial charge in [-0.2, -0.15) is 0 Å². The summed E-state index contributed by atoms with van der Waals surface area (Å²) in [6.45, 7) is 7.83.